The third-order valence-corrected chi connectivity index (χ3v) is 20.8. The van der Waals surface area contributed by atoms with E-state index in [-0.39, 0.29) is 28.4 Å². The lowest BCUT2D eigenvalue weighted by Gasteiger charge is -2.45. The predicted molar refractivity (Wildman–Crippen MR) is 438 cm³/mol. The molecule has 2 aliphatic rings. The quantitative estimate of drug-likeness (QED) is 0.121. The van der Waals surface area contributed by atoms with Crippen molar-refractivity contribution in [2.75, 3.05) is 9.80 Å². The Bertz CT molecular complexity index is 5010. The Morgan fingerprint density at radius 3 is 0.709 bits per heavy atom. The second-order valence-electron chi connectivity index (χ2n) is 32.2. The zero-order valence-corrected chi connectivity index (χ0v) is 61.2. The van der Waals surface area contributed by atoms with Gasteiger partial charge >= 0.3 is 0 Å². The molecule has 0 saturated carbocycles. The van der Waals surface area contributed by atoms with Gasteiger partial charge in [0.25, 0.3) is 6.71 Å². The van der Waals surface area contributed by atoms with Crippen LogP contribution in [-0.2, 0) is 21.7 Å². The number of hydrogen-bond donors (Lipinski definition) is 0. The summed E-state index contributed by atoms with van der Waals surface area (Å²) in [6.07, 6.45) is 0. The molecule has 103 heavy (non-hydrogen) atoms. The maximum Gasteiger partial charge on any atom is 0.252 e. The summed E-state index contributed by atoms with van der Waals surface area (Å²) < 4.78 is 0. The van der Waals surface area contributed by atoms with Crippen molar-refractivity contribution in [1.29, 1.82) is 0 Å². The SMILES string of the molecule is CC(C)(C)c1cc(N2c3cc(-c4ccccc4)ccc3B3c4ccc(-c5ccccc5)cc4N(c4cc(C(C)(C)C)cc(C(C)(C)C)c4)c4cc(-c5nc(-c6cc(-c7ccccc7)cc(-c7ccccc7)c6)nc(-c6cc(-c7ccccc7)cc(-c7ccccc7)c6)n5)cc2c43)cc(C(C)(C)C)c1. The van der Waals surface area contributed by atoms with Gasteiger partial charge in [-0.05, 0) is 212 Å². The molecule has 0 saturated heterocycles. The largest absolute Gasteiger partial charge is 0.311 e. The highest BCUT2D eigenvalue weighted by atomic mass is 15.2. The molecular formula is C97H86BN5. The van der Waals surface area contributed by atoms with E-state index in [1.807, 2.05) is 0 Å². The van der Waals surface area contributed by atoms with Crippen LogP contribution in [0.1, 0.15) is 105 Å². The normalized spacial score (nSPS) is 12.8. The van der Waals surface area contributed by atoms with Gasteiger partial charge in [0, 0.05) is 50.8 Å². The first kappa shape index (κ1) is 66.1. The lowest BCUT2D eigenvalue weighted by atomic mass is 9.33. The summed E-state index contributed by atoms with van der Waals surface area (Å²) in [5, 5.41) is 0. The highest BCUT2D eigenvalue weighted by Crippen LogP contribution is 2.50. The number of fused-ring (bicyclic) bond motifs is 4. The van der Waals surface area contributed by atoms with Gasteiger partial charge in [0.05, 0.1) is 0 Å². The number of aromatic nitrogens is 3. The summed E-state index contributed by atoms with van der Waals surface area (Å²) in [6, 6.07) is 112. The van der Waals surface area contributed by atoms with Crippen LogP contribution < -0.4 is 26.2 Å². The van der Waals surface area contributed by atoms with Crippen molar-refractivity contribution in [3.05, 3.63) is 326 Å². The summed E-state index contributed by atoms with van der Waals surface area (Å²) in [5.41, 5.74) is 30.4. The standard InChI is InChI=1S/C97H86BN5/c1-94(2,3)78-57-79(95(4,5)6)60-82(59-78)102-86-53-69(63-31-19-13-20-32-63)43-45-84(86)98-85-46-44-70(64-33-21-14-22-34-64)54-87(85)103(83-61-80(96(7,8)9)58-81(62-83)97(10,11)12)89-56-77(55-88(102)90(89)98)93-100-91(75-49-71(65-35-23-15-24-36-65)47-72(50-75)66-37-25-16-26-38-66)99-92(101-93)76-51-73(67-39-27-17-28-40-67)48-74(52-76)68-41-29-18-30-42-68/h13-62H,1-12H3. The first-order valence-corrected chi connectivity index (χ1v) is 36.3. The molecule has 0 bridgehead atoms. The van der Waals surface area contributed by atoms with Gasteiger partial charge in [0.1, 0.15) is 0 Å². The van der Waals surface area contributed by atoms with Crippen LogP contribution in [-0.4, -0.2) is 21.7 Å². The van der Waals surface area contributed by atoms with Crippen LogP contribution >= 0.6 is 0 Å². The number of rotatable bonds is 11. The molecule has 13 aromatic carbocycles. The lowest BCUT2D eigenvalue weighted by Crippen LogP contribution is -2.61. The zero-order chi connectivity index (χ0) is 71.1. The minimum atomic E-state index is -0.203. The maximum atomic E-state index is 5.91. The Morgan fingerprint density at radius 2 is 0.447 bits per heavy atom. The van der Waals surface area contributed by atoms with E-state index < -0.39 is 0 Å². The summed E-state index contributed by atoms with van der Waals surface area (Å²) in [5.74, 6) is 1.68. The second-order valence-corrected chi connectivity index (χ2v) is 32.2. The van der Waals surface area contributed by atoms with E-state index >= 15 is 0 Å². The van der Waals surface area contributed by atoms with Gasteiger partial charge in [-0.15, -0.1) is 0 Å². The average molecular weight is 1330 g/mol. The van der Waals surface area contributed by atoms with Crippen LogP contribution in [0, 0.1) is 0 Å². The van der Waals surface area contributed by atoms with Crippen molar-refractivity contribution >= 4 is 57.2 Å². The molecule has 3 heterocycles. The molecular weight excluding hydrogens is 1250 g/mol. The monoisotopic (exact) mass is 1330 g/mol. The average Bonchev–Trinajstić information content (AvgIpc) is 0.692. The number of benzene rings is 13. The Morgan fingerprint density at radius 1 is 0.214 bits per heavy atom. The molecule has 2 aliphatic heterocycles. The molecule has 0 fully saturated rings. The Labute approximate surface area is 609 Å². The number of hydrogen-bond acceptors (Lipinski definition) is 5. The summed E-state index contributed by atoms with van der Waals surface area (Å²) >= 11 is 0. The van der Waals surface area contributed by atoms with Crippen LogP contribution in [0.5, 0.6) is 0 Å². The molecule has 0 aliphatic carbocycles. The van der Waals surface area contributed by atoms with E-state index in [1.165, 1.54) is 38.6 Å². The fraction of sp³-hybridized carbons (Fsp3) is 0.165. The van der Waals surface area contributed by atoms with Gasteiger partial charge in [0.15, 0.2) is 17.5 Å². The molecule has 0 amide bonds. The minimum absolute atomic E-state index is 0.187. The zero-order valence-electron chi connectivity index (χ0n) is 61.2. The van der Waals surface area contributed by atoms with Gasteiger partial charge in [-0.2, -0.15) is 0 Å². The molecule has 14 aromatic rings. The first-order chi connectivity index (χ1) is 49.5. The second kappa shape index (κ2) is 25.9. The van der Waals surface area contributed by atoms with Gasteiger partial charge < -0.3 is 9.80 Å². The fourth-order valence-electron chi connectivity index (χ4n) is 15.0. The summed E-state index contributed by atoms with van der Waals surface area (Å²) in [4.78, 5) is 22.8. The third-order valence-electron chi connectivity index (χ3n) is 20.8. The van der Waals surface area contributed by atoms with Crippen molar-refractivity contribution in [2.45, 2.75) is 105 Å². The van der Waals surface area contributed by atoms with E-state index in [9.17, 15) is 0 Å². The topological polar surface area (TPSA) is 45.2 Å². The van der Waals surface area contributed by atoms with E-state index in [2.05, 4.69) is 396 Å². The van der Waals surface area contributed by atoms with Gasteiger partial charge in [-0.1, -0.05) is 301 Å². The molecule has 0 atom stereocenters. The lowest BCUT2D eigenvalue weighted by molar-refractivity contribution is 0.568. The van der Waals surface area contributed by atoms with Crippen LogP contribution in [0.3, 0.4) is 0 Å². The molecule has 0 radical (unpaired) electrons. The number of anilines is 6. The fourth-order valence-corrected chi connectivity index (χ4v) is 15.0. The molecule has 502 valence electrons. The minimum Gasteiger partial charge on any atom is -0.311 e. The maximum absolute atomic E-state index is 5.91. The van der Waals surface area contributed by atoms with Crippen LogP contribution in [0.4, 0.5) is 34.1 Å². The molecule has 0 N–H and O–H groups in total. The van der Waals surface area contributed by atoms with Crippen molar-refractivity contribution < 1.29 is 0 Å². The van der Waals surface area contributed by atoms with Crippen LogP contribution in [0.25, 0.3) is 101 Å². The summed E-state index contributed by atoms with van der Waals surface area (Å²) in [6.45, 7) is 27.9. The summed E-state index contributed by atoms with van der Waals surface area (Å²) in [7, 11) is 0. The predicted octanol–water partition coefficient (Wildman–Crippen LogP) is 24.1. The number of nitrogens with zero attached hydrogens (tertiary/aromatic N) is 5. The molecule has 0 spiro atoms. The Hall–Kier alpha value is -11.5. The molecule has 1 aromatic heterocycles. The van der Waals surface area contributed by atoms with Gasteiger partial charge in [-0.3, -0.25) is 0 Å². The van der Waals surface area contributed by atoms with E-state index in [4.69, 9.17) is 15.0 Å². The highest BCUT2D eigenvalue weighted by Gasteiger charge is 2.45. The Balaban J connectivity index is 1.06. The van der Waals surface area contributed by atoms with Gasteiger partial charge in [-0.25, -0.2) is 15.0 Å². The van der Waals surface area contributed by atoms with Crippen molar-refractivity contribution in [1.82, 2.24) is 15.0 Å². The Kier molecular flexibility index (Phi) is 16.6. The van der Waals surface area contributed by atoms with Crippen molar-refractivity contribution in [3.8, 4) is 101 Å². The van der Waals surface area contributed by atoms with E-state index in [0.29, 0.717) is 17.5 Å². The molecule has 16 rings (SSSR count). The van der Waals surface area contributed by atoms with Crippen molar-refractivity contribution in [2.24, 2.45) is 0 Å². The smallest absolute Gasteiger partial charge is 0.252 e. The van der Waals surface area contributed by atoms with Gasteiger partial charge in [0.2, 0.25) is 0 Å². The third kappa shape index (κ3) is 12.9. The first-order valence-electron chi connectivity index (χ1n) is 36.3. The van der Waals surface area contributed by atoms with Crippen molar-refractivity contribution in [3.63, 3.8) is 0 Å². The van der Waals surface area contributed by atoms with E-state index in [1.54, 1.807) is 0 Å². The van der Waals surface area contributed by atoms with Crippen LogP contribution in [0.15, 0.2) is 303 Å². The molecule has 6 heteroatoms. The van der Waals surface area contributed by atoms with Crippen LogP contribution in [0.2, 0.25) is 0 Å². The highest BCUT2D eigenvalue weighted by molar-refractivity contribution is 7.00. The molecule has 0 unspecified atom stereocenters. The van der Waals surface area contributed by atoms with E-state index in [0.717, 1.165) is 118 Å². The molecule has 5 nitrogen and oxygen atoms in total.